The Morgan fingerprint density at radius 3 is 2.37 bits per heavy atom. The van der Waals surface area contributed by atoms with Crippen molar-refractivity contribution in [2.24, 2.45) is 0 Å². The molecule has 0 spiro atoms. The topological polar surface area (TPSA) is 87.3 Å². The van der Waals surface area contributed by atoms with Gasteiger partial charge in [0.15, 0.2) is 0 Å². The Morgan fingerprint density at radius 2 is 1.78 bits per heavy atom. The maximum Gasteiger partial charge on any atom is 0.271 e. The molecule has 1 aromatic carbocycles. The number of anilines is 1. The second-order valence-electron chi connectivity index (χ2n) is 5.28. The molecule has 0 aliphatic heterocycles. The summed E-state index contributed by atoms with van der Waals surface area (Å²) in [5.41, 5.74) is 6.50. The van der Waals surface area contributed by atoms with Crippen LogP contribution >= 0.6 is 34.3 Å². The predicted molar refractivity (Wildman–Crippen MR) is 111 cm³/mol. The van der Waals surface area contributed by atoms with Crippen molar-refractivity contribution in [3.05, 3.63) is 75.3 Å². The average molecular weight is 440 g/mol. The molecular formula is C17H14ClN3O3S3. The van der Waals surface area contributed by atoms with E-state index < -0.39 is 10.0 Å². The Labute approximate surface area is 169 Å². The maximum atomic E-state index is 12.2. The van der Waals surface area contributed by atoms with E-state index in [-0.39, 0.29) is 10.1 Å². The molecule has 0 unspecified atom stereocenters. The van der Waals surface area contributed by atoms with Crippen LogP contribution in [0.3, 0.4) is 0 Å². The molecule has 3 aromatic rings. The number of rotatable bonds is 7. The molecule has 0 bridgehead atoms. The van der Waals surface area contributed by atoms with Gasteiger partial charge in [-0.2, -0.15) is 0 Å². The molecule has 2 heterocycles. The van der Waals surface area contributed by atoms with Gasteiger partial charge < -0.3 is 0 Å². The highest BCUT2D eigenvalue weighted by Crippen LogP contribution is 2.25. The molecule has 3 rings (SSSR count). The predicted octanol–water partition coefficient (Wildman–Crippen LogP) is 4.17. The molecule has 0 fully saturated rings. The highest BCUT2D eigenvalue weighted by Gasteiger charge is 2.15. The lowest BCUT2D eigenvalue weighted by Gasteiger charge is -2.10. The number of hydrogen-bond acceptors (Lipinski definition) is 6. The molecule has 0 saturated heterocycles. The van der Waals surface area contributed by atoms with E-state index in [0.29, 0.717) is 21.3 Å². The molecule has 3 N–H and O–H groups in total. The summed E-state index contributed by atoms with van der Waals surface area (Å²) in [4.78, 5) is 13.0. The third kappa shape index (κ3) is 4.89. The second-order valence-corrected chi connectivity index (χ2v) is 9.85. The Morgan fingerprint density at radius 1 is 1.04 bits per heavy atom. The zero-order valence-electron chi connectivity index (χ0n) is 13.7. The summed E-state index contributed by atoms with van der Waals surface area (Å²) < 4.78 is 27.7. The van der Waals surface area contributed by atoms with E-state index in [4.69, 9.17) is 11.6 Å². The first kappa shape index (κ1) is 19.4. The lowest BCUT2D eigenvalue weighted by Crippen LogP contribution is -2.35. The fourth-order valence-electron chi connectivity index (χ4n) is 2.05. The molecule has 1 amide bonds. The van der Waals surface area contributed by atoms with Gasteiger partial charge in [-0.3, -0.25) is 20.4 Å². The second kappa shape index (κ2) is 8.13. The number of carbonyl (C=O) groups is 1. The summed E-state index contributed by atoms with van der Waals surface area (Å²) in [5, 5.41) is 1.69. The van der Waals surface area contributed by atoms with E-state index in [2.05, 4.69) is 22.2 Å². The minimum atomic E-state index is -3.62. The monoisotopic (exact) mass is 439 g/mol. The van der Waals surface area contributed by atoms with E-state index in [1.54, 1.807) is 23.6 Å². The van der Waals surface area contributed by atoms with Crippen LogP contribution in [0.4, 0.5) is 5.69 Å². The Bertz CT molecular complexity index is 1060. The van der Waals surface area contributed by atoms with Crippen LogP contribution in [-0.4, -0.2) is 14.3 Å². The maximum absolute atomic E-state index is 12.2. The molecule has 27 heavy (non-hydrogen) atoms. The number of thiophene rings is 2. The quantitative estimate of drug-likeness (QED) is 0.482. The van der Waals surface area contributed by atoms with Gasteiger partial charge in [0.1, 0.15) is 4.21 Å². The lowest BCUT2D eigenvalue weighted by atomic mass is 10.2. The third-order valence-corrected chi connectivity index (χ3v) is 7.43. The first-order chi connectivity index (χ1) is 12.8. The highest BCUT2D eigenvalue weighted by molar-refractivity contribution is 7.94. The highest BCUT2D eigenvalue weighted by atomic mass is 35.5. The number of carbonyl (C=O) groups excluding carboxylic acids is 1. The summed E-state index contributed by atoms with van der Waals surface area (Å²) >= 11 is 8.34. The van der Waals surface area contributed by atoms with Gasteiger partial charge in [-0.1, -0.05) is 24.2 Å². The van der Waals surface area contributed by atoms with Crippen LogP contribution in [0.5, 0.6) is 0 Å². The van der Waals surface area contributed by atoms with Crippen LogP contribution in [0.2, 0.25) is 4.34 Å². The number of hydrazine groups is 1. The first-order valence-corrected chi connectivity index (χ1v) is 11.1. The van der Waals surface area contributed by atoms with E-state index in [1.165, 1.54) is 41.7 Å². The fraction of sp³-hybridized carbons (Fsp3) is 0. The van der Waals surface area contributed by atoms with Crippen LogP contribution in [0.25, 0.3) is 5.70 Å². The van der Waals surface area contributed by atoms with Crippen LogP contribution in [0.1, 0.15) is 15.2 Å². The van der Waals surface area contributed by atoms with Crippen molar-refractivity contribution >= 4 is 61.6 Å². The van der Waals surface area contributed by atoms with E-state index >= 15 is 0 Å². The molecule has 0 radical (unpaired) electrons. The summed E-state index contributed by atoms with van der Waals surface area (Å²) in [7, 11) is -3.62. The SMILES string of the molecule is C=C(NNC(=O)c1ccc(NS(=O)(=O)c2cccs2)cc1)c1ccc(Cl)s1. The van der Waals surface area contributed by atoms with E-state index in [9.17, 15) is 13.2 Å². The molecule has 10 heteroatoms. The number of halogens is 1. The lowest BCUT2D eigenvalue weighted by molar-refractivity contribution is 0.0942. The van der Waals surface area contributed by atoms with Gasteiger partial charge in [0, 0.05) is 11.3 Å². The first-order valence-electron chi connectivity index (χ1n) is 7.52. The average Bonchev–Trinajstić information content (AvgIpc) is 3.32. The fourth-order valence-corrected chi connectivity index (χ4v) is 5.07. The van der Waals surface area contributed by atoms with Crippen LogP contribution < -0.4 is 15.6 Å². The Balaban J connectivity index is 1.59. The molecule has 6 nitrogen and oxygen atoms in total. The van der Waals surface area contributed by atoms with Gasteiger partial charge in [-0.15, -0.1) is 22.7 Å². The Kier molecular flexibility index (Phi) is 5.85. The van der Waals surface area contributed by atoms with Gasteiger partial charge in [-0.05, 0) is 47.8 Å². The van der Waals surface area contributed by atoms with Gasteiger partial charge in [0.2, 0.25) is 0 Å². The van der Waals surface area contributed by atoms with Crippen molar-refractivity contribution in [1.29, 1.82) is 0 Å². The van der Waals surface area contributed by atoms with E-state index in [0.717, 1.165) is 16.2 Å². The summed E-state index contributed by atoms with van der Waals surface area (Å²) in [5.74, 6) is -0.383. The van der Waals surface area contributed by atoms with E-state index in [1.807, 2.05) is 0 Å². The van der Waals surface area contributed by atoms with Crippen LogP contribution in [-0.2, 0) is 10.0 Å². The van der Waals surface area contributed by atoms with Crippen molar-refractivity contribution in [3.8, 4) is 0 Å². The minimum Gasteiger partial charge on any atom is -0.298 e. The van der Waals surface area contributed by atoms with Crippen molar-refractivity contribution in [2.45, 2.75) is 4.21 Å². The number of amides is 1. The number of hydrogen-bond donors (Lipinski definition) is 3. The van der Waals surface area contributed by atoms with Crippen molar-refractivity contribution in [3.63, 3.8) is 0 Å². The van der Waals surface area contributed by atoms with Crippen LogP contribution in [0, 0.1) is 0 Å². The van der Waals surface area contributed by atoms with Crippen molar-refractivity contribution in [2.75, 3.05) is 4.72 Å². The zero-order valence-corrected chi connectivity index (χ0v) is 16.9. The van der Waals surface area contributed by atoms with Gasteiger partial charge in [0.25, 0.3) is 15.9 Å². The number of sulfonamides is 1. The molecule has 0 saturated carbocycles. The largest absolute Gasteiger partial charge is 0.298 e. The smallest absolute Gasteiger partial charge is 0.271 e. The molecule has 140 valence electrons. The van der Waals surface area contributed by atoms with Crippen molar-refractivity contribution < 1.29 is 13.2 Å². The molecular weight excluding hydrogens is 426 g/mol. The minimum absolute atomic E-state index is 0.223. The molecule has 0 atom stereocenters. The Hall–Kier alpha value is -2.33. The van der Waals surface area contributed by atoms with Gasteiger partial charge >= 0.3 is 0 Å². The molecule has 2 aromatic heterocycles. The van der Waals surface area contributed by atoms with Crippen LogP contribution in [0.15, 0.2) is 64.7 Å². The standard InChI is InChI=1S/C17H14ClN3O3S3/c1-11(14-8-9-15(18)26-14)19-20-17(22)12-4-6-13(7-5-12)21-27(23,24)16-3-2-10-25-16/h2-10,19,21H,1H2,(H,20,22). The van der Waals surface area contributed by atoms with Crippen molar-refractivity contribution in [1.82, 2.24) is 10.9 Å². The van der Waals surface area contributed by atoms with Gasteiger partial charge in [-0.25, -0.2) is 8.42 Å². The molecule has 0 aliphatic carbocycles. The number of nitrogens with one attached hydrogen (secondary N) is 3. The van der Waals surface area contributed by atoms with Gasteiger partial charge in [0.05, 0.1) is 14.9 Å². The number of benzene rings is 1. The third-order valence-electron chi connectivity index (χ3n) is 3.36. The zero-order chi connectivity index (χ0) is 19.4. The summed E-state index contributed by atoms with van der Waals surface area (Å²) in [6.07, 6.45) is 0. The molecule has 0 aliphatic rings. The summed E-state index contributed by atoms with van der Waals surface area (Å²) in [6.45, 7) is 3.83. The summed E-state index contributed by atoms with van der Waals surface area (Å²) in [6, 6.07) is 12.8. The normalized spacial score (nSPS) is 11.0.